The van der Waals surface area contributed by atoms with Gasteiger partial charge in [-0.25, -0.2) is 9.50 Å². The number of carbonyl (C=O) groups excluding carboxylic acids is 1. The van der Waals surface area contributed by atoms with Crippen LogP contribution in [0.4, 0.5) is 0 Å². The van der Waals surface area contributed by atoms with Crippen LogP contribution in [-0.4, -0.2) is 44.8 Å². The molecule has 0 aliphatic heterocycles. The second kappa shape index (κ2) is 7.33. The molecule has 3 aromatic rings. The molecule has 1 aromatic carbocycles. The van der Waals surface area contributed by atoms with Crippen molar-refractivity contribution in [2.45, 2.75) is 31.2 Å². The molecule has 8 heteroatoms. The summed E-state index contributed by atoms with van der Waals surface area (Å²) < 4.78 is 12.2. The zero-order valence-electron chi connectivity index (χ0n) is 15.3. The van der Waals surface area contributed by atoms with Crippen molar-refractivity contribution in [2.24, 2.45) is 0 Å². The van der Waals surface area contributed by atoms with Crippen LogP contribution in [0.25, 0.3) is 5.78 Å². The van der Waals surface area contributed by atoms with E-state index in [9.17, 15) is 4.79 Å². The van der Waals surface area contributed by atoms with Gasteiger partial charge in [0.1, 0.15) is 0 Å². The van der Waals surface area contributed by atoms with Crippen LogP contribution in [0.3, 0.4) is 0 Å². The molecule has 0 bridgehead atoms. The Labute approximate surface area is 155 Å². The number of hydrogen-bond donors (Lipinski definition) is 0. The molecule has 0 N–H and O–H groups in total. The van der Waals surface area contributed by atoms with Crippen LogP contribution in [0.1, 0.15) is 28.7 Å². The maximum absolute atomic E-state index is 12.8. The van der Waals surface area contributed by atoms with Gasteiger partial charge in [0.15, 0.2) is 17.3 Å². The zero-order chi connectivity index (χ0) is 18.8. The topological polar surface area (TPSA) is 78.6 Å². The summed E-state index contributed by atoms with van der Waals surface area (Å²) in [7, 11) is 3.10. The van der Waals surface area contributed by atoms with E-state index in [4.69, 9.17) is 9.47 Å². The number of fused-ring (bicyclic) bond motifs is 1. The van der Waals surface area contributed by atoms with Gasteiger partial charge in [0.2, 0.25) is 5.16 Å². The highest BCUT2D eigenvalue weighted by atomic mass is 32.2. The van der Waals surface area contributed by atoms with Crippen LogP contribution in [0, 0.1) is 13.8 Å². The smallest absolute Gasteiger partial charge is 0.253 e. The average molecular weight is 372 g/mol. The fourth-order valence-electron chi connectivity index (χ4n) is 2.63. The molecule has 0 radical (unpaired) electrons. The summed E-state index contributed by atoms with van der Waals surface area (Å²) >= 11 is 1.31. The molecule has 26 heavy (non-hydrogen) atoms. The standard InChI is InChI=1S/C18H20N4O3S/c1-10-8-11(2)22-17(19-10)20-18(21-22)26-12(3)16(23)13-6-7-14(24-4)15(9-13)25-5/h6-9,12H,1-5H3. The van der Waals surface area contributed by atoms with Gasteiger partial charge in [-0.15, -0.1) is 5.10 Å². The lowest BCUT2D eigenvalue weighted by Crippen LogP contribution is -2.14. The van der Waals surface area contributed by atoms with Gasteiger partial charge < -0.3 is 9.47 Å². The number of nitrogens with zero attached hydrogens (tertiary/aromatic N) is 4. The fourth-order valence-corrected chi connectivity index (χ4v) is 3.46. The second-order valence-corrected chi connectivity index (χ2v) is 7.15. The third-order valence-electron chi connectivity index (χ3n) is 3.92. The van der Waals surface area contributed by atoms with Crippen LogP contribution < -0.4 is 9.47 Å². The molecule has 1 atom stereocenters. The van der Waals surface area contributed by atoms with Gasteiger partial charge in [-0.2, -0.15) is 4.98 Å². The van der Waals surface area contributed by atoms with Gasteiger partial charge in [-0.05, 0) is 45.0 Å². The summed E-state index contributed by atoms with van der Waals surface area (Å²) in [6.07, 6.45) is 0. The second-order valence-electron chi connectivity index (χ2n) is 5.84. The first-order valence-corrected chi connectivity index (χ1v) is 8.95. The number of thioether (sulfide) groups is 1. The highest BCUT2D eigenvalue weighted by Crippen LogP contribution is 2.30. The number of methoxy groups -OCH3 is 2. The van der Waals surface area contributed by atoms with E-state index in [-0.39, 0.29) is 11.0 Å². The molecule has 3 rings (SSSR count). The molecule has 2 heterocycles. The molecular weight excluding hydrogens is 352 g/mol. The molecule has 0 spiro atoms. The summed E-state index contributed by atoms with van der Waals surface area (Å²) in [5.74, 6) is 1.62. The number of Topliss-reactive ketones (excluding diaryl/α,β-unsaturated/α-hetero) is 1. The van der Waals surface area contributed by atoms with E-state index in [1.54, 1.807) is 36.9 Å². The summed E-state index contributed by atoms with van der Waals surface area (Å²) in [5, 5.41) is 4.61. The van der Waals surface area contributed by atoms with E-state index in [1.165, 1.54) is 11.8 Å². The van der Waals surface area contributed by atoms with Crippen LogP contribution in [0.15, 0.2) is 29.4 Å². The van der Waals surface area contributed by atoms with Crippen LogP contribution in [0.2, 0.25) is 0 Å². The molecule has 0 saturated heterocycles. The van der Waals surface area contributed by atoms with Crippen molar-refractivity contribution < 1.29 is 14.3 Å². The Kier molecular flexibility index (Phi) is 5.13. The quantitative estimate of drug-likeness (QED) is 0.486. The molecule has 0 aliphatic carbocycles. The first-order valence-electron chi connectivity index (χ1n) is 8.07. The Hall–Kier alpha value is -2.61. The molecule has 0 fully saturated rings. The predicted octanol–water partition coefficient (Wildman–Crippen LogP) is 3.12. The molecule has 0 aliphatic rings. The molecule has 2 aromatic heterocycles. The third-order valence-corrected chi connectivity index (χ3v) is 4.87. The van der Waals surface area contributed by atoms with E-state index >= 15 is 0 Å². The van der Waals surface area contributed by atoms with E-state index < -0.39 is 0 Å². The van der Waals surface area contributed by atoms with E-state index in [2.05, 4.69) is 15.1 Å². The van der Waals surface area contributed by atoms with Crippen LogP contribution >= 0.6 is 11.8 Å². The van der Waals surface area contributed by atoms with Crippen molar-refractivity contribution in [3.63, 3.8) is 0 Å². The summed E-state index contributed by atoms with van der Waals surface area (Å²) in [4.78, 5) is 21.5. The van der Waals surface area contributed by atoms with Gasteiger partial charge in [0, 0.05) is 17.0 Å². The Bertz CT molecular complexity index is 970. The fraction of sp³-hybridized carbons (Fsp3) is 0.333. The van der Waals surface area contributed by atoms with Gasteiger partial charge in [0.25, 0.3) is 5.78 Å². The van der Waals surface area contributed by atoms with Crippen molar-refractivity contribution in [3.05, 3.63) is 41.2 Å². The largest absolute Gasteiger partial charge is 0.493 e. The van der Waals surface area contributed by atoms with Gasteiger partial charge in [-0.3, -0.25) is 4.79 Å². The highest BCUT2D eigenvalue weighted by Gasteiger charge is 2.21. The lowest BCUT2D eigenvalue weighted by molar-refractivity contribution is 0.0993. The Balaban J connectivity index is 1.82. The zero-order valence-corrected chi connectivity index (χ0v) is 16.1. The first kappa shape index (κ1) is 18.2. The van der Waals surface area contributed by atoms with Crippen molar-refractivity contribution in [3.8, 4) is 11.5 Å². The van der Waals surface area contributed by atoms with Crippen molar-refractivity contribution >= 4 is 23.3 Å². The summed E-state index contributed by atoms with van der Waals surface area (Å²) in [6.45, 7) is 5.70. The van der Waals surface area contributed by atoms with E-state index in [0.717, 1.165) is 11.4 Å². The van der Waals surface area contributed by atoms with E-state index in [1.807, 2.05) is 26.8 Å². The maximum atomic E-state index is 12.8. The number of aryl methyl sites for hydroxylation is 2. The van der Waals surface area contributed by atoms with Gasteiger partial charge in [0.05, 0.1) is 19.5 Å². The number of rotatable bonds is 6. The van der Waals surface area contributed by atoms with Crippen molar-refractivity contribution in [1.29, 1.82) is 0 Å². The Morgan fingerprint density at radius 3 is 2.54 bits per heavy atom. The van der Waals surface area contributed by atoms with Crippen LogP contribution in [-0.2, 0) is 0 Å². The third kappa shape index (κ3) is 3.50. The first-order chi connectivity index (χ1) is 12.4. The number of ether oxygens (including phenoxy) is 2. The molecule has 136 valence electrons. The Morgan fingerprint density at radius 1 is 1.12 bits per heavy atom. The average Bonchev–Trinajstić information content (AvgIpc) is 3.02. The minimum absolute atomic E-state index is 0.0318. The van der Waals surface area contributed by atoms with E-state index in [0.29, 0.717) is 28.0 Å². The van der Waals surface area contributed by atoms with Gasteiger partial charge >= 0.3 is 0 Å². The van der Waals surface area contributed by atoms with Gasteiger partial charge in [-0.1, -0.05) is 11.8 Å². The SMILES string of the molecule is COc1ccc(C(=O)C(C)Sc2nc3nc(C)cc(C)n3n2)cc1OC. The van der Waals surface area contributed by atoms with Crippen molar-refractivity contribution in [1.82, 2.24) is 19.6 Å². The normalized spacial score (nSPS) is 12.2. The maximum Gasteiger partial charge on any atom is 0.253 e. The minimum Gasteiger partial charge on any atom is -0.493 e. The number of aromatic nitrogens is 4. The van der Waals surface area contributed by atoms with Crippen molar-refractivity contribution in [2.75, 3.05) is 14.2 Å². The molecule has 0 amide bonds. The number of ketones is 1. The molecule has 7 nitrogen and oxygen atoms in total. The monoisotopic (exact) mass is 372 g/mol. The number of carbonyl (C=O) groups is 1. The summed E-state index contributed by atoms with van der Waals surface area (Å²) in [5.41, 5.74) is 2.38. The molecular formula is C18H20N4O3S. The molecule has 1 unspecified atom stereocenters. The predicted molar refractivity (Wildman–Crippen MR) is 99.5 cm³/mol. The lowest BCUT2D eigenvalue weighted by atomic mass is 10.1. The number of benzene rings is 1. The highest BCUT2D eigenvalue weighted by molar-refractivity contribution is 8.00. The van der Waals surface area contributed by atoms with Crippen LogP contribution in [0.5, 0.6) is 11.5 Å². The summed E-state index contributed by atoms with van der Waals surface area (Å²) in [6, 6.07) is 7.08. The minimum atomic E-state index is -0.355. The molecule has 0 saturated carbocycles. The Morgan fingerprint density at radius 2 is 1.85 bits per heavy atom. The lowest BCUT2D eigenvalue weighted by Gasteiger charge is -2.11. The number of hydrogen-bond acceptors (Lipinski definition) is 7.